The van der Waals surface area contributed by atoms with Crippen LogP contribution in [0.2, 0.25) is 0 Å². The largest absolute Gasteiger partial charge is 0.353 e. The highest BCUT2D eigenvalue weighted by Gasteiger charge is 2.16. The minimum absolute atomic E-state index is 0.0624. The first-order chi connectivity index (χ1) is 18.0. The van der Waals surface area contributed by atoms with Crippen LogP contribution in [0.4, 0.5) is 10.1 Å². The number of hydrogen-bond acceptors (Lipinski definition) is 4. The fourth-order valence-corrected chi connectivity index (χ4v) is 4.60. The Balaban J connectivity index is 1.43. The number of pyridine rings is 2. The maximum absolute atomic E-state index is 14.1. The number of hydrogen-bond donors (Lipinski definition) is 3. The molecule has 0 fully saturated rings. The summed E-state index contributed by atoms with van der Waals surface area (Å²) in [5.74, 6) is -0.351. The average molecular weight is 491 g/mol. The molecule has 6 rings (SSSR count). The van der Waals surface area contributed by atoms with Gasteiger partial charge in [-0.1, -0.05) is 13.0 Å². The van der Waals surface area contributed by atoms with Gasteiger partial charge < -0.3 is 10.3 Å². The number of carbonyl (C=O) groups is 1. The van der Waals surface area contributed by atoms with E-state index in [1.165, 1.54) is 12.1 Å². The molecule has 3 N–H and O–H groups in total. The van der Waals surface area contributed by atoms with Gasteiger partial charge in [-0.05, 0) is 66.6 Å². The van der Waals surface area contributed by atoms with E-state index in [9.17, 15) is 9.18 Å². The van der Waals surface area contributed by atoms with Crippen molar-refractivity contribution in [2.75, 3.05) is 5.32 Å². The Kier molecular flexibility index (Phi) is 5.49. The number of amides is 1. The van der Waals surface area contributed by atoms with Gasteiger partial charge in [-0.3, -0.25) is 19.9 Å². The molecule has 182 valence electrons. The summed E-state index contributed by atoms with van der Waals surface area (Å²) in [4.78, 5) is 24.1. The topological polar surface area (TPSA) is 99.3 Å². The van der Waals surface area contributed by atoms with E-state index >= 15 is 0 Å². The van der Waals surface area contributed by atoms with Gasteiger partial charge in [0.25, 0.3) is 0 Å². The summed E-state index contributed by atoms with van der Waals surface area (Å²) in [6, 6.07) is 16.8. The Labute approximate surface area is 211 Å². The van der Waals surface area contributed by atoms with Gasteiger partial charge in [0.2, 0.25) is 5.91 Å². The van der Waals surface area contributed by atoms with Crippen LogP contribution in [-0.4, -0.2) is 31.1 Å². The molecule has 4 aromatic heterocycles. The second kappa shape index (κ2) is 8.98. The van der Waals surface area contributed by atoms with Crippen molar-refractivity contribution in [3.8, 4) is 33.8 Å². The van der Waals surface area contributed by atoms with Crippen molar-refractivity contribution in [2.24, 2.45) is 0 Å². The number of halogens is 1. The first-order valence-corrected chi connectivity index (χ1v) is 12.0. The lowest BCUT2D eigenvalue weighted by Crippen LogP contribution is -2.09. The maximum Gasteiger partial charge on any atom is 0.224 e. The molecule has 7 nitrogen and oxygen atoms in total. The van der Waals surface area contributed by atoms with Gasteiger partial charge in [-0.2, -0.15) is 5.10 Å². The van der Waals surface area contributed by atoms with Crippen molar-refractivity contribution < 1.29 is 9.18 Å². The fraction of sp³-hybridized carbons (Fsp3) is 0.103. The lowest BCUT2D eigenvalue weighted by Gasteiger charge is -2.06. The average Bonchev–Trinajstić information content (AvgIpc) is 3.51. The van der Waals surface area contributed by atoms with E-state index in [-0.39, 0.29) is 11.7 Å². The first kappa shape index (κ1) is 22.6. The van der Waals surface area contributed by atoms with E-state index in [0.717, 1.165) is 55.4 Å². The van der Waals surface area contributed by atoms with Crippen molar-refractivity contribution in [3.05, 3.63) is 84.6 Å². The highest BCUT2D eigenvalue weighted by molar-refractivity contribution is 6.01. The number of rotatable bonds is 5. The Bertz CT molecular complexity index is 1780. The summed E-state index contributed by atoms with van der Waals surface area (Å²) in [6.45, 7) is 3.68. The molecular formula is C29H23FN6O. The molecular weight excluding hydrogens is 467 g/mol. The van der Waals surface area contributed by atoms with Crippen LogP contribution in [0.25, 0.3) is 55.6 Å². The van der Waals surface area contributed by atoms with E-state index in [1.807, 2.05) is 50.2 Å². The number of aromatic nitrogens is 5. The molecule has 4 heterocycles. The number of anilines is 1. The Morgan fingerprint density at radius 2 is 1.78 bits per heavy atom. The zero-order chi connectivity index (χ0) is 25.5. The zero-order valence-corrected chi connectivity index (χ0v) is 20.3. The van der Waals surface area contributed by atoms with Crippen molar-refractivity contribution in [3.63, 3.8) is 0 Å². The van der Waals surface area contributed by atoms with Gasteiger partial charge in [0, 0.05) is 46.2 Å². The minimum atomic E-state index is -0.289. The SMILES string of the molecule is CCC(=O)Nc1cncc(-c2ccc3[nH]nc(-c4cc5c(-c6cc(C)cc(F)c6)nccc5[nH]4)c3c2)c1. The van der Waals surface area contributed by atoms with Crippen molar-refractivity contribution in [1.82, 2.24) is 25.1 Å². The monoisotopic (exact) mass is 490 g/mol. The fourth-order valence-electron chi connectivity index (χ4n) is 4.60. The van der Waals surface area contributed by atoms with Crippen molar-refractivity contribution in [1.29, 1.82) is 0 Å². The number of carbonyl (C=O) groups excluding carboxylic acids is 1. The van der Waals surface area contributed by atoms with E-state index in [4.69, 9.17) is 0 Å². The molecule has 37 heavy (non-hydrogen) atoms. The van der Waals surface area contributed by atoms with Gasteiger partial charge in [0.05, 0.1) is 28.8 Å². The molecule has 6 aromatic rings. The number of aromatic amines is 2. The molecule has 8 heteroatoms. The molecule has 0 saturated heterocycles. The Hall–Kier alpha value is -4.85. The summed E-state index contributed by atoms with van der Waals surface area (Å²) in [6.07, 6.45) is 5.52. The second-order valence-electron chi connectivity index (χ2n) is 9.02. The summed E-state index contributed by atoms with van der Waals surface area (Å²) < 4.78 is 14.1. The van der Waals surface area contributed by atoms with Crippen LogP contribution in [-0.2, 0) is 4.79 Å². The summed E-state index contributed by atoms with van der Waals surface area (Å²) in [7, 11) is 0. The maximum atomic E-state index is 14.1. The molecule has 0 saturated carbocycles. The molecule has 1 amide bonds. The summed E-state index contributed by atoms with van der Waals surface area (Å²) in [5, 5.41) is 12.4. The van der Waals surface area contributed by atoms with Gasteiger partial charge in [0.15, 0.2) is 0 Å². The third-order valence-corrected chi connectivity index (χ3v) is 6.36. The van der Waals surface area contributed by atoms with Gasteiger partial charge in [-0.25, -0.2) is 4.39 Å². The minimum Gasteiger partial charge on any atom is -0.353 e. The molecule has 0 radical (unpaired) electrons. The summed E-state index contributed by atoms with van der Waals surface area (Å²) in [5.41, 5.74) is 8.11. The predicted octanol–water partition coefficient (Wildman–Crippen LogP) is 6.63. The standard InChI is InChI=1S/C29H23FN6O/c1-3-27(37)33-21-11-19(14-31-15-21)17-4-5-25-22(12-17)29(36-35-25)26-13-23-24(34-26)6-7-32-28(23)18-8-16(2)9-20(30)10-18/h4-15,34H,3H2,1-2H3,(H,33,37)(H,35,36). The van der Waals surface area contributed by atoms with Crippen LogP contribution in [0.5, 0.6) is 0 Å². The third-order valence-electron chi connectivity index (χ3n) is 6.36. The van der Waals surface area contributed by atoms with Crippen LogP contribution in [0.1, 0.15) is 18.9 Å². The number of nitrogens with zero attached hydrogens (tertiary/aromatic N) is 3. The number of nitrogens with one attached hydrogen (secondary N) is 3. The van der Waals surface area contributed by atoms with Crippen LogP contribution in [0, 0.1) is 12.7 Å². The molecule has 0 spiro atoms. The van der Waals surface area contributed by atoms with Gasteiger partial charge in [0.1, 0.15) is 11.5 Å². The number of benzene rings is 2. The predicted molar refractivity (Wildman–Crippen MR) is 143 cm³/mol. The Morgan fingerprint density at radius 1 is 0.919 bits per heavy atom. The molecule has 0 aliphatic heterocycles. The number of aryl methyl sites for hydroxylation is 1. The van der Waals surface area contributed by atoms with E-state index in [1.54, 1.807) is 18.6 Å². The molecule has 0 unspecified atom stereocenters. The number of fused-ring (bicyclic) bond motifs is 2. The quantitative estimate of drug-likeness (QED) is 0.252. The molecule has 0 bridgehead atoms. The first-order valence-electron chi connectivity index (χ1n) is 12.0. The lowest BCUT2D eigenvalue weighted by atomic mass is 10.0. The zero-order valence-electron chi connectivity index (χ0n) is 20.3. The van der Waals surface area contributed by atoms with Crippen LogP contribution >= 0.6 is 0 Å². The molecule has 0 atom stereocenters. The molecule has 0 aliphatic rings. The van der Waals surface area contributed by atoms with Gasteiger partial charge in [-0.15, -0.1) is 0 Å². The van der Waals surface area contributed by atoms with Crippen molar-refractivity contribution in [2.45, 2.75) is 20.3 Å². The van der Waals surface area contributed by atoms with E-state index in [0.29, 0.717) is 17.8 Å². The van der Waals surface area contributed by atoms with E-state index < -0.39 is 0 Å². The summed E-state index contributed by atoms with van der Waals surface area (Å²) >= 11 is 0. The highest BCUT2D eigenvalue weighted by atomic mass is 19.1. The molecule has 0 aliphatic carbocycles. The second-order valence-corrected chi connectivity index (χ2v) is 9.02. The highest BCUT2D eigenvalue weighted by Crippen LogP contribution is 2.35. The van der Waals surface area contributed by atoms with Crippen LogP contribution < -0.4 is 5.32 Å². The van der Waals surface area contributed by atoms with Crippen LogP contribution in [0.3, 0.4) is 0 Å². The van der Waals surface area contributed by atoms with E-state index in [2.05, 4.69) is 36.5 Å². The van der Waals surface area contributed by atoms with Crippen molar-refractivity contribution >= 4 is 33.4 Å². The number of H-pyrrole nitrogens is 2. The normalized spacial score (nSPS) is 11.3. The van der Waals surface area contributed by atoms with Gasteiger partial charge >= 0.3 is 0 Å². The van der Waals surface area contributed by atoms with Crippen LogP contribution in [0.15, 0.2) is 73.2 Å². The smallest absolute Gasteiger partial charge is 0.224 e. The third kappa shape index (κ3) is 4.23. The Morgan fingerprint density at radius 3 is 2.62 bits per heavy atom. The molecule has 2 aromatic carbocycles. The lowest BCUT2D eigenvalue weighted by molar-refractivity contribution is -0.115.